The van der Waals surface area contributed by atoms with Gasteiger partial charge in [0.15, 0.2) is 0 Å². The van der Waals surface area contributed by atoms with Crippen LogP contribution in [-0.2, 0) is 4.79 Å². The largest absolute Gasteiger partial charge is 0.338 e. The van der Waals surface area contributed by atoms with Gasteiger partial charge >= 0.3 is 0 Å². The Balaban J connectivity index is 1.98. The predicted octanol–water partition coefficient (Wildman–Crippen LogP) is 2.29. The lowest BCUT2D eigenvalue weighted by molar-refractivity contribution is -0.134. The number of hydrogen-bond acceptors (Lipinski definition) is 2. The van der Waals surface area contributed by atoms with Crippen molar-refractivity contribution in [2.24, 2.45) is 11.7 Å². The van der Waals surface area contributed by atoms with Crippen molar-refractivity contribution < 1.29 is 4.79 Å². The first-order chi connectivity index (χ1) is 8.24. The summed E-state index contributed by atoms with van der Waals surface area (Å²) in [6.07, 6.45) is 9.84. The molecule has 1 aliphatic carbocycles. The van der Waals surface area contributed by atoms with Gasteiger partial charge in [-0.25, -0.2) is 0 Å². The van der Waals surface area contributed by atoms with Crippen LogP contribution in [0.15, 0.2) is 0 Å². The van der Waals surface area contributed by atoms with E-state index in [2.05, 4.69) is 4.90 Å². The molecule has 2 aliphatic rings. The van der Waals surface area contributed by atoms with Crippen LogP contribution in [0.25, 0.3) is 0 Å². The smallest absolute Gasteiger partial charge is 0.239 e. The molecule has 98 valence electrons. The van der Waals surface area contributed by atoms with Gasteiger partial charge in [0.05, 0.1) is 6.04 Å². The molecule has 17 heavy (non-hydrogen) atoms. The molecule has 1 heterocycles. The van der Waals surface area contributed by atoms with E-state index in [1.165, 1.54) is 44.9 Å². The minimum absolute atomic E-state index is 0.195. The van der Waals surface area contributed by atoms with Crippen LogP contribution < -0.4 is 5.73 Å². The third-order valence-electron chi connectivity index (χ3n) is 4.53. The van der Waals surface area contributed by atoms with Gasteiger partial charge in [0.1, 0.15) is 0 Å². The highest BCUT2D eigenvalue weighted by Gasteiger charge is 2.36. The second-order valence-electron chi connectivity index (χ2n) is 5.65. The Bertz CT molecular complexity index is 261. The zero-order valence-corrected chi connectivity index (χ0v) is 11.0. The first kappa shape index (κ1) is 12.9. The van der Waals surface area contributed by atoms with Crippen molar-refractivity contribution >= 4 is 5.91 Å². The summed E-state index contributed by atoms with van der Waals surface area (Å²) in [5.41, 5.74) is 5.90. The van der Waals surface area contributed by atoms with E-state index in [0.717, 1.165) is 18.9 Å². The first-order valence-corrected chi connectivity index (χ1v) is 7.30. The molecule has 3 nitrogen and oxygen atoms in total. The average Bonchev–Trinajstić information content (AvgIpc) is 2.87. The first-order valence-electron chi connectivity index (χ1n) is 7.30. The van der Waals surface area contributed by atoms with Crippen LogP contribution in [0.5, 0.6) is 0 Å². The van der Waals surface area contributed by atoms with Crippen LogP contribution in [0.2, 0.25) is 0 Å². The fourth-order valence-electron chi connectivity index (χ4n) is 3.46. The molecule has 0 aromatic carbocycles. The Kier molecular flexibility index (Phi) is 4.43. The Morgan fingerprint density at radius 2 is 1.94 bits per heavy atom. The number of rotatable bonds is 3. The minimum atomic E-state index is -0.279. The summed E-state index contributed by atoms with van der Waals surface area (Å²) >= 11 is 0. The van der Waals surface area contributed by atoms with Gasteiger partial charge in [-0.3, -0.25) is 4.79 Å². The highest BCUT2D eigenvalue weighted by atomic mass is 16.2. The molecule has 1 saturated carbocycles. The van der Waals surface area contributed by atoms with E-state index in [0.29, 0.717) is 6.04 Å². The molecule has 0 radical (unpaired) electrons. The van der Waals surface area contributed by atoms with Crippen molar-refractivity contribution in [1.82, 2.24) is 4.90 Å². The Hall–Kier alpha value is -0.570. The molecule has 0 bridgehead atoms. The molecule has 2 N–H and O–H groups in total. The Morgan fingerprint density at radius 1 is 1.24 bits per heavy atom. The normalized spacial score (nSPS) is 28.4. The van der Waals surface area contributed by atoms with Crippen molar-refractivity contribution in [2.45, 2.75) is 70.4 Å². The van der Waals surface area contributed by atoms with Gasteiger partial charge in [-0.15, -0.1) is 0 Å². The third kappa shape index (κ3) is 2.82. The number of likely N-dealkylation sites (tertiary alicyclic amines) is 1. The highest BCUT2D eigenvalue weighted by molar-refractivity contribution is 5.82. The Labute approximate surface area is 105 Å². The van der Waals surface area contributed by atoms with Gasteiger partial charge in [-0.1, -0.05) is 26.2 Å². The van der Waals surface area contributed by atoms with Crippen molar-refractivity contribution in [2.75, 3.05) is 6.54 Å². The average molecular weight is 238 g/mol. The molecule has 3 heteroatoms. The molecule has 1 aliphatic heterocycles. The van der Waals surface area contributed by atoms with Crippen molar-refractivity contribution in [3.05, 3.63) is 0 Å². The second-order valence-corrected chi connectivity index (χ2v) is 5.65. The second kappa shape index (κ2) is 5.85. The van der Waals surface area contributed by atoms with E-state index in [9.17, 15) is 4.79 Å². The highest BCUT2D eigenvalue weighted by Crippen LogP contribution is 2.34. The van der Waals surface area contributed by atoms with E-state index in [1.807, 2.05) is 6.92 Å². The zero-order chi connectivity index (χ0) is 12.3. The summed E-state index contributed by atoms with van der Waals surface area (Å²) in [5.74, 6) is 0.944. The lowest BCUT2D eigenvalue weighted by Gasteiger charge is -2.35. The monoisotopic (exact) mass is 238 g/mol. The van der Waals surface area contributed by atoms with Gasteiger partial charge < -0.3 is 10.6 Å². The standard InChI is InChI=1S/C14H26N2O/c1-2-12(15)14(17)16-10-6-9-13(16)11-7-4-3-5-8-11/h11-13H,2-10,15H2,1H3. The summed E-state index contributed by atoms with van der Waals surface area (Å²) in [7, 11) is 0. The molecule has 0 aromatic rings. The van der Waals surface area contributed by atoms with Crippen molar-refractivity contribution in [3.63, 3.8) is 0 Å². The molecule has 2 unspecified atom stereocenters. The fraction of sp³-hybridized carbons (Fsp3) is 0.929. The van der Waals surface area contributed by atoms with Crippen molar-refractivity contribution in [3.8, 4) is 0 Å². The van der Waals surface area contributed by atoms with E-state index >= 15 is 0 Å². The van der Waals surface area contributed by atoms with E-state index in [-0.39, 0.29) is 11.9 Å². The summed E-state index contributed by atoms with van der Waals surface area (Å²) in [6, 6.07) is 0.222. The topological polar surface area (TPSA) is 46.3 Å². The van der Waals surface area contributed by atoms with Gasteiger partial charge in [-0.05, 0) is 38.0 Å². The van der Waals surface area contributed by atoms with Gasteiger partial charge in [-0.2, -0.15) is 0 Å². The lowest BCUT2D eigenvalue weighted by atomic mass is 9.83. The number of nitrogens with two attached hydrogens (primary N) is 1. The maximum atomic E-state index is 12.2. The number of hydrogen-bond donors (Lipinski definition) is 1. The number of amides is 1. The van der Waals surface area contributed by atoms with Crippen LogP contribution in [0.4, 0.5) is 0 Å². The maximum Gasteiger partial charge on any atom is 0.239 e. The van der Waals surface area contributed by atoms with Crippen LogP contribution >= 0.6 is 0 Å². The quantitative estimate of drug-likeness (QED) is 0.820. The summed E-state index contributed by atoms with van der Waals surface area (Å²) in [4.78, 5) is 14.3. The van der Waals surface area contributed by atoms with Crippen molar-refractivity contribution in [1.29, 1.82) is 0 Å². The van der Waals surface area contributed by atoms with E-state index in [1.54, 1.807) is 0 Å². The Morgan fingerprint density at radius 3 is 2.59 bits per heavy atom. The molecule has 2 atom stereocenters. The number of carbonyl (C=O) groups excluding carboxylic acids is 1. The van der Waals surface area contributed by atoms with E-state index < -0.39 is 0 Å². The van der Waals surface area contributed by atoms with Crippen LogP contribution in [0, 0.1) is 5.92 Å². The van der Waals surface area contributed by atoms with E-state index in [4.69, 9.17) is 5.73 Å². The van der Waals surface area contributed by atoms with Crippen LogP contribution in [0.3, 0.4) is 0 Å². The molecule has 0 aromatic heterocycles. The molecular weight excluding hydrogens is 212 g/mol. The third-order valence-corrected chi connectivity index (χ3v) is 4.53. The van der Waals surface area contributed by atoms with Crippen LogP contribution in [-0.4, -0.2) is 29.4 Å². The molecule has 2 fully saturated rings. The molecule has 0 spiro atoms. The summed E-state index contributed by atoms with van der Waals surface area (Å²) in [5, 5.41) is 0. The summed E-state index contributed by atoms with van der Waals surface area (Å²) < 4.78 is 0. The zero-order valence-electron chi connectivity index (χ0n) is 11.0. The van der Waals surface area contributed by atoms with Gasteiger partial charge in [0.2, 0.25) is 5.91 Å². The SMILES string of the molecule is CCC(N)C(=O)N1CCCC1C1CCCCC1. The molecule has 2 rings (SSSR count). The summed E-state index contributed by atoms with van der Waals surface area (Å²) in [6.45, 7) is 2.93. The molecular formula is C14H26N2O. The number of carbonyl (C=O) groups is 1. The molecule has 1 amide bonds. The lowest BCUT2D eigenvalue weighted by Crippen LogP contribution is -2.48. The predicted molar refractivity (Wildman–Crippen MR) is 69.6 cm³/mol. The minimum Gasteiger partial charge on any atom is -0.338 e. The fourth-order valence-corrected chi connectivity index (χ4v) is 3.46. The van der Waals surface area contributed by atoms with Gasteiger partial charge in [0, 0.05) is 12.6 Å². The maximum absolute atomic E-state index is 12.2. The number of nitrogens with zero attached hydrogens (tertiary/aromatic N) is 1. The molecule has 1 saturated heterocycles. The van der Waals surface area contributed by atoms with Gasteiger partial charge in [0.25, 0.3) is 0 Å². The van der Waals surface area contributed by atoms with Crippen LogP contribution in [0.1, 0.15) is 58.3 Å².